The Bertz CT molecular complexity index is 436. The number of carbonyl (C=O) groups excluding carboxylic acids is 1. The van der Waals surface area contributed by atoms with E-state index in [1.807, 2.05) is 0 Å². The molecule has 1 atom stereocenters. The average molecular weight is 281 g/mol. The Labute approximate surface area is 106 Å². The van der Waals surface area contributed by atoms with Crippen LogP contribution in [0, 0.1) is 0 Å². The maximum atomic E-state index is 11.7. The summed E-state index contributed by atoms with van der Waals surface area (Å²) in [5.41, 5.74) is 2.21. The zero-order valence-electron chi connectivity index (χ0n) is 10.9. The molecule has 7 nitrogen and oxygen atoms in total. The molecule has 0 aromatic rings. The summed E-state index contributed by atoms with van der Waals surface area (Å²) in [7, 11) is -3.42. The van der Waals surface area contributed by atoms with Crippen molar-refractivity contribution in [2.75, 3.05) is 12.0 Å². The lowest BCUT2D eigenvalue weighted by atomic mass is 9.97. The van der Waals surface area contributed by atoms with E-state index < -0.39 is 45.1 Å². The number of esters is 1. The van der Waals surface area contributed by atoms with Crippen LogP contribution in [-0.4, -0.2) is 48.6 Å². The third-order valence-corrected chi connectivity index (χ3v) is 2.96. The predicted octanol–water partition coefficient (Wildman–Crippen LogP) is -0.455. The van der Waals surface area contributed by atoms with Gasteiger partial charge in [0, 0.05) is 12.7 Å². The Hall–Kier alpha value is -1.15. The van der Waals surface area contributed by atoms with E-state index in [9.17, 15) is 18.0 Å². The third-order valence-electron chi connectivity index (χ3n) is 2.01. The first-order valence-corrected chi connectivity index (χ1v) is 7.27. The van der Waals surface area contributed by atoms with Crippen molar-refractivity contribution in [3.63, 3.8) is 0 Å². The van der Waals surface area contributed by atoms with Crippen molar-refractivity contribution < 1.29 is 27.9 Å². The van der Waals surface area contributed by atoms with Gasteiger partial charge in [-0.1, -0.05) is 0 Å². The van der Waals surface area contributed by atoms with Gasteiger partial charge in [0.05, 0.1) is 5.75 Å². The van der Waals surface area contributed by atoms with Crippen molar-refractivity contribution in [2.24, 2.45) is 5.73 Å². The number of carboxylic acids is 1. The highest BCUT2D eigenvalue weighted by Gasteiger charge is 2.45. The topological polar surface area (TPSA) is 124 Å². The summed E-state index contributed by atoms with van der Waals surface area (Å²) in [6.45, 7) is 4.68. The average Bonchev–Trinajstić information content (AvgIpc) is 2.09. The Morgan fingerprint density at radius 2 is 1.72 bits per heavy atom. The van der Waals surface area contributed by atoms with Crippen LogP contribution in [0.2, 0.25) is 0 Å². The number of aliphatic carboxylic acids is 1. The quantitative estimate of drug-likeness (QED) is 0.516. The summed E-state index contributed by atoms with van der Waals surface area (Å²) in [5.74, 6) is -3.26. The molecule has 0 rings (SSSR count). The molecule has 0 bridgehead atoms. The van der Waals surface area contributed by atoms with E-state index >= 15 is 0 Å². The fraction of sp³-hybridized carbons (Fsp3) is 0.800. The van der Waals surface area contributed by atoms with Crippen LogP contribution in [0.3, 0.4) is 0 Å². The monoisotopic (exact) mass is 281 g/mol. The Kier molecular flexibility index (Phi) is 4.90. The Balaban J connectivity index is 5.05. The number of rotatable bonds is 5. The molecule has 0 saturated carbocycles. The summed E-state index contributed by atoms with van der Waals surface area (Å²) in [6.07, 6.45) is 0.403. The van der Waals surface area contributed by atoms with Gasteiger partial charge in [-0.15, -0.1) is 0 Å². The van der Waals surface area contributed by atoms with Crippen LogP contribution in [0.25, 0.3) is 0 Å². The molecule has 0 heterocycles. The molecule has 3 N–H and O–H groups in total. The van der Waals surface area contributed by atoms with Crippen molar-refractivity contribution in [2.45, 2.75) is 38.3 Å². The van der Waals surface area contributed by atoms with Gasteiger partial charge in [0.1, 0.15) is 15.4 Å². The van der Waals surface area contributed by atoms with Gasteiger partial charge in [-0.3, -0.25) is 0 Å². The standard InChI is InChI=1S/C10H19NO6S/c1-9(2,3)17-8(14)10(11,7(12)13)5-6-18(4,15)16/h5-6,11H2,1-4H3,(H,12,13). The van der Waals surface area contributed by atoms with Gasteiger partial charge in [0.2, 0.25) is 5.54 Å². The van der Waals surface area contributed by atoms with Crippen LogP contribution in [0.5, 0.6) is 0 Å². The van der Waals surface area contributed by atoms with Gasteiger partial charge < -0.3 is 15.6 Å². The van der Waals surface area contributed by atoms with Gasteiger partial charge in [0.25, 0.3) is 0 Å². The molecule has 0 aliphatic rings. The highest BCUT2D eigenvalue weighted by molar-refractivity contribution is 7.90. The molecule has 0 aromatic heterocycles. The smallest absolute Gasteiger partial charge is 0.338 e. The lowest BCUT2D eigenvalue weighted by Gasteiger charge is -2.27. The summed E-state index contributed by atoms with van der Waals surface area (Å²) in [5, 5.41) is 8.98. The number of ether oxygens (including phenoxy) is 1. The summed E-state index contributed by atoms with van der Waals surface area (Å²) in [6, 6.07) is 0. The van der Waals surface area contributed by atoms with Gasteiger partial charge >= 0.3 is 11.9 Å². The third kappa shape index (κ3) is 5.46. The van der Waals surface area contributed by atoms with Crippen molar-refractivity contribution in [3.05, 3.63) is 0 Å². The molecule has 8 heteroatoms. The molecule has 0 aliphatic carbocycles. The maximum absolute atomic E-state index is 11.7. The number of carbonyl (C=O) groups is 2. The first kappa shape index (κ1) is 16.9. The molecule has 0 fully saturated rings. The summed E-state index contributed by atoms with van der Waals surface area (Å²) >= 11 is 0. The van der Waals surface area contributed by atoms with Crippen LogP contribution in [0.1, 0.15) is 27.2 Å². The normalized spacial score (nSPS) is 15.8. The lowest BCUT2D eigenvalue weighted by molar-refractivity contribution is -0.169. The summed E-state index contributed by atoms with van der Waals surface area (Å²) in [4.78, 5) is 22.8. The van der Waals surface area contributed by atoms with Gasteiger partial charge in [-0.05, 0) is 20.8 Å². The molecule has 18 heavy (non-hydrogen) atoms. The second-order valence-corrected chi connectivity index (χ2v) is 7.42. The number of nitrogens with two attached hydrogens (primary N) is 1. The minimum absolute atomic E-state index is 0.505. The maximum Gasteiger partial charge on any atom is 0.338 e. The van der Waals surface area contributed by atoms with Crippen LogP contribution >= 0.6 is 0 Å². The zero-order valence-corrected chi connectivity index (χ0v) is 11.7. The largest absolute Gasteiger partial charge is 0.479 e. The fourth-order valence-electron chi connectivity index (χ4n) is 1.01. The SMILES string of the molecule is CC(C)(C)OC(=O)C(N)(CCS(C)(=O)=O)C(=O)O. The second kappa shape index (κ2) is 5.23. The molecular formula is C10H19NO6S. The van der Waals surface area contributed by atoms with Crippen molar-refractivity contribution in [1.29, 1.82) is 0 Å². The highest BCUT2D eigenvalue weighted by Crippen LogP contribution is 2.17. The number of carboxylic acid groups (broad SMARTS) is 1. The van der Waals surface area contributed by atoms with Crippen LogP contribution in [-0.2, 0) is 24.2 Å². The number of sulfone groups is 1. The molecule has 0 amide bonds. The second-order valence-electron chi connectivity index (χ2n) is 5.16. The van der Waals surface area contributed by atoms with Crippen molar-refractivity contribution >= 4 is 21.8 Å². The van der Waals surface area contributed by atoms with Crippen LogP contribution in [0.4, 0.5) is 0 Å². The first-order chi connectivity index (χ1) is 7.78. The van der Waals surface area contributed by atoms with E-state index in [1.54, 1.807) is 20.8 Å². The first-order valence-electron chi connectivity index (χ1n) is 5.21. The molecule has 106 valence electrons. The van der Waals surface area contributed by atoms with Crippen molar-refractivity contribution in [1.82, 2.24) is 0 Å². The van der Waals surface area contributed by atoms with E-state index in [0.717, 1.165) is 6.26 Å². The molecule has 0 aromatic carbocycles. The van der Waals surface area contributed by atoms with Gasteiger partial charge in [-0.2, -0.15) is 0 Å². The van der Waals surface area contributed by atoms with E-state index in [-0.39, 0.29) is 0 Å². The minimum atomic E-state index is -3.42. The van der Waals surface area contributed by atoms with Gasteiger partial charge in [0.15, 0.2) is 0 Å². The number of hydrogen-bond acceptors (Lipinski definition) is 6. The van der Waals surface area contributed by atoms with Crippen LogP contribution in [0.15, 0.2) is 0 Å². The number of hydrogen-bond donors (Lipinski definition) is 2. The van der Waals surface area contributed by atoms with E-state index in [4.69, 9.17) is 15.6 Å². The van der Waals surface area contributed by atoms with E-state index in [2.05, 4.69) is 0 Å². The molecule has 1 unspecified atom stereocenters. The van der Waals surface area contributed by atoms with Crippen LogP contribution < -0.4 is 5.73 Å². The van der Waals surface area contributed by atoms with E-state index in [1.165, 1.54) is 0 Å². The molecule has 0 radical (unpaired) electrons. The van der Waals surface area contributed by atoms with Crippen molar-refractivity contribution in [3.8, 4) is 0 Å². The predicted molar refractivity (Wildman–Crippen MR) is 64.7 cm³/mol. The summed E-state index contributed by atoms with van der Waals surface area (Å²) < 4.78 is 26.9. The Morgan fingerprint density at radius 3 is 2.00 bits per heavy atom. The molecule has 0 aliphatic heterocycles. The molecule has 0 saturated heterocycles. The fourth-order valence-corrected chi connectivity index (χ4v) is 1.70. The highest BCUT2D eigenvalue weighted by atomic mass is 32.2. The van der Waals surface area contributed by atoms with E-state index in [0.29, 0.717) is 0 Å². The molecular weight excluding hydrogens is 262 g/mol. The lowest BCUT2D eigenvalue weighted by Crippen LogP contribution is -2.58. The van der Waals surface area contributed by atoms with Gasteiger partial charge in [-0.25, -0.2) is 18.0 Å². The Morgan fingerprint density at radius 1 is 1.28 bits per heavy atom. The zero-order chi connectivity index (χ0) is 14.8. The minimum Gasteiger partial charge on any atom is -0.479 e. The molecule has 0 spiro atoms.